The number of aromatic nitrogens is 1. The SMILES string of the molecule is CCCCNc1cnccc1C=O. The van der Waals surface area contributed by atoms with Gasteiger partial charge in [0, 0.05) is 18.3 Å². The maximum atomic E-state index is 10.6. The van der Waals surface area contributed by atoms with Gasteiger partial charge in [0.25, 0.3) is 0 Å². The van der Waals surface area contributed by atoms with Crippen molar-refractivity contribution >= 4 is 12.0 Å². The van der Waals surface area contributed by atoms with Crippen LogP contribution in [0.3, 0.4) is 0 Å². The molecular weight excluding hydrogens is 164 g/mol. The van der Waals surface area contributed by atoms with Crippen molar-refractivity contribution in [1.29, 1.82) is 0 Å². The average Bonchev–Trinajstić information content (AvgIpc) is 2.19. The predicted octanol–water partition coefficient (Wildman–Crippen LogP) is 2.11. The molecule has 1 aromatic rings. The van der Waals surface area contributed by atoms with E-state index < -0.39 is 0 Å². The summed E-state index contributed by atoms with van der Waals surface area (Å²) >= 11 is 0. The van der Waals surface area contributed by atoms with Crippen LogP contribution in [0, 0.1) is 0 Å². The lowest BCUT2D eigenvalue weighted by Crippen LogP contribution is -2.03. The zero-order valence-corrected chi connectivity index (χ0v) is 7.79. The number of carbonyl (C=O) groups excluding carboxylic acids is 1. The van der Waals surface area contributed by atoms with Crippen LogP contribution in [-0.2, 0) is 0 Å². The lowest BCUT2D eigenvalue weighted by Gasteiger charge is -2.06. The molecule has 0 aliphatic carbocycles. The van der Waals surface area contributed by atoms with Crippen LogP contribution in [0.5, 0.6) is 0 Å². The Hall–Kier alpha value is -1.38. The summed E-state index contributed by atoms with van der Waals surface area (Å²) in [5, 5.41) is 3.17. The molecule has 0 spiro atoms. The first-order valence-electron chi connectivity index (χ1n) is 4.51. The molecule has 0 atom stereocenters. The number of pyridine rings is 1. The minimum atomic E-state index is 0.672. The van der Waals surface area contributed by atoms with Crippen molar-refractivity contribution in [2.45, 2.75) is 19.8 Å². The Bertz CT molecular complexity index is 273. The Morgan fingerprint density at radius 1 is 1.62 bits per heavy atom. The topological polar surface area (TPSA) is 42.0 Å². The third-order valence-corrected chi connectivity index (χ3v) is 1.83. The van der Waals surface area contributed by atoms with Crippen LogP contribution in [0.15, 0.2) is 18.5 Å². The number of hydrogen-bond donors (Lipinski definition) is 1. The Kier molecular flexibility index (Phi) is 3.96. The van der Waals surface area contributed by atoms with Crippen LogP contribution < -0.4 is 5.32 Å². The second-order valence-corrected chi connectivity index (χ2v) is 2.86. The number of unbranched alkanes of at least 4 members (excludes halogenated alkanes) is 1. The number of aldehydes is 1. The van der Waals surface area contributed by atoms with Crippen molar-refractivity contribution in [2.24, 2.45) is 0 Å². The maximum absolute atomic E-state index is 10.6. The summed E-state index contributed by atoms with van der Waals surface area (Å²) in [6.45, 7) is 3.02. The summed E-state index contributed by atoms with van der Waals surface area (Å²) in [5.74, 6) is 0. The van der Waals surface area contributed by atoms with Crippen LogP contribution in [0.25, 0.3) is 0 Å². The fourth-order valence-electron chi connectivity index (χ4n) is 1.06. The normalized spacial score (nSPS) is 9.62. The molecule has 1 aromatic heterocycles. The molecule has 0 amide bonds. The molecule has 0 aliphatic heterocycles. The van der Waals surface area contributed by atoms with Crippen molar-refractivity contribution in [1.82, 2.24) is 4.98 Å². The van der Waals surface area contributed by atoms with Gasteiger partial charge < -0.3 is 5.32 Å². The van der Waals surface area contributed by atoms with Crippen molar-refractivity contribution in [3.63, 3.8) is 0 Å². The highest BCUT2D eigenvalue weighted by Crippen LogP contribution is 2.10. The molecular formula is C10H14N2O. The Morgan fingerprint density at radius 2 is 2.46 bits per heavy atom. The molecule has 0 saturated carbocycles. The second-order valence-electron chi connectivity index (χ2n) is 2.86. The number of nitrogens with one attached hydrogen (secondary N) is 1. The Labute approximate surface area is 78.2 Å². The number of carbonyl (C=O) groups is 1. The van der Waals surface area contributed by atoms with Gasteiger partial charge in [0.2, 0.25) is 0 Å². The monoisotopic (exact) mass is 178 g/mol. The first kappa shape index (κ1) is 9.71. The zero-order valence-electron chi connectivity index (χ0n) is 7.79. The number of hydrogen-bond acceptors (Lipinski definition) is 3. The molecule has 0 radical (unpaired) electrons. The number of nitrogens with zero attached hydrogens (tertiary/aromatic N) is 1. The molecule has 1 N–H and O–H groups in total. The summed E-state index contributed by atoms with van der Waals surface area (Å²) in [6.07, 6.45) is 6.39. The zero-order chi connectivity index (χ0) is 9.52. The van der Waals surface area contributed by atoms with E-state index in [9.17, 15) is 4.79 Å². The van der Waals surface area contributed by atoms with Crippen LogP contribution in [0.1, 0.15) is 30.1 Å². The highest BCUT2D eigenvalue weighted by atomic mass is 16.1. The second kappa shape index (κ2) is 5.30. The fraction of sp³-hybridized carbons (Fsp3) is 0.400. The van der Waals surface area contributed by atoms with E-state index in [2.05, 4.69) is 17.2 Å². The van der Waals surface area contributed by atoms with Crippen LogP contribution in [0.4, 0.5) is 5.69 Å². The van der Waals surface area contributed by atoms with Gasteiger partial charge in [-0.3, -0.25) is 9.78 Å². The lowest BCUT2D eigenvalue weighted by atomic mass is 10.2. The summed E-state index contributed by atoms with van der Waals surface area (Å²) < 4.78 is 0. The van der Waals surface area contributed by atoms with Gasteiger partial charge in [0.15, 0.2) is 6.29 Å². The quantitative estimate of drug-likeness (QED) is 0.554. The molecule has 0 aliphatic rings. The summed E-state index contributed by atoms with van der Waals surface area (Å²) in [7, 11) is 0. The molecule has 0 bridgehead atoms. The van der Waals surface area contributed by atoms with E-state index >= 15 is 0 Å². The minimum absolute atomic E-state index is 0.672. The van der Waals surface area contributed by atoms with Gasteiger partial charge >= 0.3 is 0 Å². The predicted molar refractivity (Wildman–Crippen MR) is 53.0 cm³/mol. The van der Waals surface area contributed by atoms with E-state index in [4.69, 9.17) is 0 Å². The van der Waals surface area contributed by atoms with Gasteiger partial charge in [0.1, 0.15) is 0 Å². The molecule has 1 heterocycles. The van der Waals surface area contributed by atoms with Gasteiger partial charge in [-0.1, -0.05) is 13.3 Å². The summed E-state index contributed by atoms with van der Waals surface area (Å²) in [6, 6.07) is 1.71. The van der Waals surface area contributed by atoms with Gasteiger partial charge in [-0.25, -0.2) is 0 Å². The van der Waals surface area contributed by atoms with Crippen molar-refractivity contribution in [3.8, 4) is 0 Å². The average molecular weight is 178 g/mol. The van der Waals surface area contributed by atoms with Crippen LogP contribution in [-0.4, -0.2) is 17.8 Å². The first-order valence-corrected chi connectivity index (χ1v) is 4.51. The molecule has 0 unspecified atom stereocenters. The van der Waals surface area contributed by atoms with Gasteiger partial charge in [-0.15, -0.1) is 0 Å². The molecule has 3 nitrogen and oxygen atoms in total. The molecule has 13 heavy (non-hydrogen) atoms. The minimum Gasteiger partial charge on any atom is -0.383 e. The number of anilines is 1. The van der Waals surface area contributed by atoms with E-state index in [1.165, 1.54) is 0 Å². The van der Waals surface area contributed by atoms with Gasteiger partial charge in [-0.05, 0) is 12.5 Å². The Morgan fingerprint density at radius 3 is 3.15 bits per heavy atom. The molecule has 70 valence electrons. The molecule has 1 rings (SSSR count). The van der Waals surface area contributed by atoms with E-state index in [-0.39, 0.29) is 0 Å². The first-order chi connectivity index (χ1) is 6.38. The molecule has 0 fully saturated rings. The van der Waals surface area contributed by atoms with Gasteiger partial charge in [0.05, 0.1) is 11.9 Å². The lowest BCUT2D eigenvalue weighted by molar-refractivity contribution is 0.112. The third kappa shape index (κ3) is 2.86. The Balaban J connectivity index is 2.59. The molecule has 0 aromatic carbocycles. The highest BCUT2D eigenvalue weighted by Gasteiger charge is 1.98. The van der Waals surface area contributed by atoms with Crippen molar-refractivity contribution in [3.05, 3.63) is 24.0 Å². The van der Waals surface area contributed by atoms with Crippen molar-refractivity contribution in [2.75, 3.05) is 11.9 Å². The molecule has 3 heteroatoms. The van der Waals surface area contributed by atoms with Gasteiger partial charge in [-0.2, -0.15) is 0 Å². The van der Waals surface area contributed by atoms with E-state index in [0.717, 1.165) is 31.4 Å². The maximum Gasteiger partial charge on any atom is 0.152 e. The third-order valence-electron chi connectivity index (χ3n) is 1.83. The van der Waals surface area contributed by atoms with E-state index in [0.29, 0.717) is 5.56 Å². The smallest absolute Gasteiger partial charge is 0.152 e. The van der Waals surface area contributed by atoms with Crippen molar-refractivity contribution < 1.29 is 4.79 Å². The fourth-order valence-corrected chi connectivity index (χ4v) is 1.06. The molecule has 0 saturated heterocycles. The van der Waals surface area contributed by atoms with Crippen LogP contribution in [0.2, 0.25) is 0 Å². The van der Waals surface area contributed by atoms with Crippen LogP contribution >= 0.6 is 0 Å². The highest BCUT2D eigenvalue weighted by molar-refractivity contribution is 5.83. The largest absolute Gasteiger partial charge is 0.383 e. The standard InChI is InChI=1S/C10H14N2O/c1-2-3-5-12-10-7-11-6-4-9(10)8-13/h4,6-8,12H,2-3,5H2,1H3. The summed E-state index contributed by atoms with van der Waals surface area (Å²) in [4.78, 5) is 14.5. The van der Waals surface area contributed by atoms with E-state index in [1.807, 2.05) is 0 Å². The number of rotatable bonds is 5. The summed E-state index contributed by atoms with van der Waals surface area (Å²) in [5.41, 5.74) is 1.50. The van der Waals surface area contributed by atoms with E-state index in [1.54, 1.807) is 18.5 Å².